The van der Waals surface area contributed by atoms with Crippen molar-refractivity contribution in [1.29, 1.82) is 10.5 Å². The third kappa shape index (κ3) is 5.38. The van der Waals surface area contributed by atoms with Gasteiger partial charge in [-0.05, 0) is 42.3 Å². The molecule has 0 spiro atoms. The van der Waals surface area contributed by atoms with E-state index in [0.717, 1.165) is 11.3 Å². The number of aromatic nitrogens is 3. The summed E-state index contributed by atoms with van der Waals surface area (Å²) in [4.78, 5) is 2.12. The maximum absolute atomic E-state index is 10.0. The molecule has 1 aliphatic heterocycles. The maximum atomic E-state index is 10.0. The first kappa shape index (κ1) is 22.1. The SMILES string of the molecule is N#CCCCOc1cccc(/C=C(/C#N)c2nnc(N3CCOCC3)n2-c2ccccc2)c1. The second-order valence-corrected chi connectivity index (χ2v) is 7.45. The Hall–Kier alpha value is -4.14. The molecule has 0 bridgehead atoms. The summed E-state index contributed by atoms with van der Waals surface area (Å²) in [5, 5.41) is 27.5. The van der Waals surface area contributed by atoms with Crippen molar-refractivity contribution in [3.8, 4) is 23.6 Å². The summed E-state index contributed by atoms with van der Waals surface area (Å²) in [5.74, 6) is 1.86. The number of rotatable bonds is 8. The van der Waals surface area contributed by atoms with E-state index in [1.54, 1.807) is 6.08 Å². The summed E-state index contributed by atoms with van der Waals surface area (Å²) in [6, 6.07) is 21.7. The fourth-order valence-electron chi connectivity index (χ4n) is 3.58. The zero-order valence-electron chi connectivity index (χ0n) is 18.2. The topological polar surface area (TPSA) is 100.0 Å². The predicted molar refractivity (Wildman–Crippen MR) is 125 cm³/mol. The Morgan fingerprint density at radius 1 is 1.06 bits per heavy atom. The van der Waals surface area contributed by atoms with Gasteiger partial charge in [0, 0.05) is 19.5 Å². The predicted octanol–water partition coefficient (Wildman–Crippen LogP) is 3.85. The minimum absolute atomic E-state index is 0.396. The highest BCUT2D eigenvalue weighted by molar-refractivity contribution is 5.88. The first-order chi connectivity index (χ1) is 16.3. The Labute approximate surface area is 192 Å². The summed E-state index contributed by atoms with van der Waals surface area (Å²) in [7, 11) is 0. The molecule has 0 radical (unpaired) electrons. The van der Waals surface area contributed by atoms with Gasteiger partial charge in [-0.3, -0.25) is 4.57 Å². The average Bonchev–Trinajstić information content (AvgIpc) is 3.31. The number of benzene rings is 2. The zero-order chi connectivity index (χ0) is 22.9. The molecule has 0 atom stereocenters. The zero-order valence-corrected chi connectivity index (χ0v) is 18.2. The molecule has 166 valence electrons. The third-order valence-electron chi connectivity index (χ3n) is 5.19. The normalized spacial score (nSPS) is 13.9. The summed E-state index contributed by atoms with van der Waals surface area (Å²) in [6.45, 7) is 3.14. The van der Waals surface area contributed by atoms with Crippen LogP contribution in [-0.4, -0.2) is 47.7 Å². The van der Waals surface area contributed by atoms with E-state index in [1.807, 2.05) is 59.2 Å². The van der Waals surface area contributed by atoms with Crippen LogP contribution in [0, 0.1) is 22.7 Å². The molecule has 2 aromatic carbocycles. The van der Waals surface area contributed by atoms with E-state index in [-0.39, 0.29) is 0 Å². The first-order valence-corrected chi connectivity index (χ1v) is 10.9. The Bertz CT molecular complexity index is 1180. The largest absolute Gasteiger partial charge is 0.494 e. The standard InChI is InChI=1S/C25H24N6O2/c26-11-4-5-14-33-23-10-6-7-20(18-23)17-21(19-27)24-28-29-25(30-12-15-32-16-13-30)31(24)22-8-2-1-3-9-22/h1-3,6-10,17-18H,4-5,12-16H2/b21-17-. The molecule has 1 fully saturated rings. The molecular formula is C25H24N6O2. The number of hydrogen-bond acceptors (Lipinski definition) is 7. The third-order valence-corrected chi connectivity index (χ3v) is 5.19. The van der Waals surface area contributed by atoms with Crippen LogP contribution in [0.2, 0.25) is 0 Å². The lowest BCUT2D eigenvalue weighted by Crippen LogP contribution is -2.38. The van der Waals surface area contributed by atoms with E-state index in [0.29, 0.717) is 68.8 Å². The Morgan fingerprint density at radius 3 is 2.64 bits per heavy atom. The van der Waals surface area contributed by atoms with Crippen LogP contribution in [0.5, 0.6) is 5.75 Å². The number of morpholine rings is 1. The molecule has 1 saturated heterocycles. The lowest BCUT2D eigenvalue weighted by atomic mass is 10.1. The summed E-state index contributed by atoms with van der Waals surface area (Å²) in [6.07, 6.45) is 2.91. The molecule has 33 heavy (non-hydrogen) atoms. The summed E-state index contributed by atoms with van der Waals surface area (Å²) >= 11 is 0. The maximum Gasteiger partial charge on any atom is 0.232 e. The first-order valence-electron chi connectivity index (χ1n) is 10.9. The van der Waals surface area contributed by atoms with Crippen molar-refractivity contribution in [3.63, 3.8) is 0 Å². The van der Waals surface area contributed by atoms with E-state index in [2.05, 4.69) is 27.2 Å². The van der Waals surface area contributed by atoms with Crippen LogP contribution in [0.25, 0.3) is 17.3 Å². The van der Waals surface area contributed by atoms with Crippen LogP contribution in [0.15, 0.2) is 54.6 Å². The van der Waals surface area contributed by atoms with Crippen molar-refractivity contribution in [2.45, 2.75) is 12.8 Å². The van der Waals surface area contributed by atoms with Crippen molar-refractivity contribution in [2.75, 3.05) is 37.8 Å². The van der Waals surface area contributed by atoms with Crippen molar-refractivity contribution in [2.24, 2.45) is 0 Å². The van der Waals surface area contributed by atoms with Crippen LogP contribution in [0.1, 0.15) is 24.2 Å². The second kappa shape index (κ2) is 10.9. The van der Waals surface area contributed by atoms with Crippen molar-refractivity contribution < 1.29 is 9.47 Å². The van der Waals surface area contributed by atoms with Gasteiger partial charge in [0.15, 0.2) is 5.82 Å². The number of allylic oxidation sites excluding steroid dienone is 1. The second-order valence-electron chi connectivity index (χ2n) is 7.45. The van der Waals surface area contributed by atoms with Gasteiger partial charge in [0.25, 0.3) is 0 Å². The molecule has 8 heteroatoms. The van der Waals surface area contributed by atoms with Gasteiger partial charge in [-0.1, -0.05) is 30.3 Å². The minimum atomic E-state index is 0.396. The molecule has 0 unspecified atom stereocenters. The van der Waals surface area contributed by atoms with Crippen molar-refractivity contribution >= 4 is 17.6 Å². The van der Waals surface area contributed by atoms with E-state index in [1.165, 1.54) is 0 Å². The smallest absolute Gasteiger partial charge is 0.232 e. The number of unbranched alkanes of at least 4 members (excludes halogenated alkanes) is 1. The van der Waals surface area contributed by atoms with E-state index >= 15 is 0 Å². The fraction of sp³-hybridized carbons (Fsp3) is 0.280. The Kier molecular flexibility index (Phi) is 7.32. The van der Waals surface area contributed by atoms with Gasteiger partial charge in [-0.25, -0.2) is 0 Å². The lowest BCUT2D eigenvalue weighted by molar-refractivity contribution is 0.122. The molecule has 1 aromatic heterocycles. The average molecular weight is 441 g/mol. The van der Waals surface area contributed by atoms with Crippen LogP contribution in [-0.2, 0) is 4.74 Å². The Balaban J connectivity index is 1.69. The van der Waals surface area contributed by atoms with Crippen LogP contribution in [0.3, 0.4) is 0 Å². The van der Waals surface area contributed by atoms with Gasteiger partial charge < -0.3 is 14.4 Å². The van der Waals surface area contributed by atoms with Gasteiger partial charge in [0.1, 0.15) is 11.8 Å². The molecule has 4 rings (SSSR count). The monoisotopic (exact) mass is 440 g/mol. The van der Waals surface area contributed by atoms with Gasteiger partial charge in [0.05, 0.1) is 37.2 Å². The number of nitrogens with zero attached hydrogens (tertiary/aromatic N) is 6. The van der Waals surface area contributed by atoms with Gasteiger partial charge >= 0.3 is 0 Å². The number of ether oxygens (including phenoxy) is 2. The highest BCUT2D eigenvalue weighted by Crippen LogP contribution is 2.27. The summed E-state index contributed by atoms with van der Waals surface area (Å²) < 4.78 is 13.1. The van der Waals surface area contributed by atoms with Crippen molar-refractivity contribution in [1.82, 2.24) is 14.8 Å². The highest BCUT2D eigenvalue weighted by atomic mass is 16.5. The Morgan fingerprint density at radius 2 is 1.88 bits per heavy atom. The fourth-order valence-corrected chi connectivity index (χ4v) is 3.58. The minimum Gasteiger partial charge on any atom is -0.494 e. The van der Waals surface area contributed by atoms with Gasteiger partial charge in [-0.2, -0.15) is 10.5 Å². The molecular weight excluding hydrogens is 416 g/mol. The molecule has 0 saturated carbocycles. The molecule has 8 nitrogen and oxygen atoms in total. The summed E-state index contributed by atoms with van der Waals surface area (Å²) in [5.41, 5.74) is 2.10. The van der Waals surface area contributed by atoms with Crippen LogP contribution >= 0.6 is 0 Å². The number of anilines is 1. The van der Waals surface area contributed by atoms with Gasteiger partial charge in [-0.15, -0.1) is 10.2 Å². The van der Waals surface area contributed by atoms with Gasteiger partial charge in [0.2, 0.25) is 5.95 Å². The number of hydrogen-bond donors (Lipinski definition) is 0. The molecule has 0 N–H and O–H groups in total. The molecule has 0 aliphatic carbocycles. The number of nitriles is 2. The quantitative estimate of drug-likeness (QED) is 0.387. The van der Waals surface area contributed by atoms with Crippen LogP contribution in [0.4, 0.5) is 5.95 Å². The van der Waals surface area contributed by atoms with Crippen molar-refractivity contribution in [3.05, 3.63) is 66.0 Å². The van der Waals surface area contributed by atoms with E-state index in [9.17, 15) is 5.26 Å². The van der Waals surface area contributed by atoms with Crippen LogP contribution < -0.4 is 9.64 Å². The van der Waals surface area contributed by atoms with E-state index < -0.39 is 0 Å². The molecule has 2 heterocycles. The van der Waals surface area contributed by atoms with E-state index in [4.69, 9.17) is 14.7 Å². The highest BCUT2D eigenvalue weighted by Gasteiger charge is 2.23. The molecule has 0 amide bonds. The number of para-hydroxylation sites is 1. The molecule has 1 aliphatic rings. The molecule has 3 aromatic rings. The lowest BCUT2D eigenvalue weighted by Gasteiger charge is -2.28.